The van der Waals surface area contributed by atoms with E-state index in [1.165, 1.54) is 12.2 Å². The van der Waals surface area contributed by atoms with Crippen molar-refractivity contribution in [3.05, 3.63) is 12.2 Å². The molecule has 0 unspecified atom stereocenters. The van der Waals surface area contributed by atoms with E-state index in [1.807, 2.05) is 0 Å². The molecule has 0 aliphatic carbocycles. The Kier molecular flexibility index (Phi) is 1.41. The number of rotatable bonds is 0. The minimum Gasteiger partial charge on any atom is -0.365 e. The number of carbonyl (C=O) groups is 1. The minimum absolute atomic E-state index is 0.00231. The van der Waals surface area contributed by atoms with Crippen LogP contribution in [0.3, 0.4) is 0 Å². The number of hydrogen-bond acceptors (Lipinski definition) is 3. The van der Waals surface area contributed by atoms with Crippen LogP contribution in [0.4, 0.5) is 0 Å². The molecule has 0 fully saturated rings. The molecule has 0 spiro atoms. The lowest BCUT2D eigenvalue weighted by atomic mass is 10.3. The third-order valence-electron chi connectivity index (χ3n) is 0.843. The number of carbonyl (C=O) groups excluding carboxylic acids is 1. The highest BCUT2D eigenvalue weighted by molar-refractivity contribution is 5.91. The first-order valence-corrected chi connectivity index (χ1v) is 2.30. The Morgan fingerprint density at radius 1 is 1.88 bits per heavy atom. The van der Waals surface area contributed by atoms with Gasteiger partial charge < -0.3 is 9.84 Å². The maximum atomic E-state index is 10.3. The molecule has 1 heterocycles. The highest BCUT2D eigenvalue weighted by atomic mass is 16.6. The average molecular weight is 114 g/mol. The third-order valence-corrected chi connectivity index (χ3v) is 0.843. The highest BCUT2D eigenvalue weighted by Crippen LogP contribution is 1.96. The second-order valence-corrected chi connectivity index (χ2v) is 1.53. The molecule has 0 aromatic carbocycles. The van der Waals surface area contributed by atoms with Gasteiger partial charge in [0.05, 0.1) is 0 Å². The number of hydrogen-bond donors (Lipinski definition) is 1. The molecule has 0 saturated carbocycles. The van der Waals surface area contributed by atoms with E-state index in [1.54, 1.807) is 0 Å². The Morgan fingerprint density at radius 2 is 2.62 bits per heavy atom. The van der Waals surface area contributed by atoms with Gasteiger partial charge in [0.25, 0.3) is 0 Å². The van der Waals surface area contributed by atoms with Crippen LogP contribution in [0, 0.1) is 0 Å². The second kappa shape index (κ2) is 2.07. The molecule has 0 saturated heterocycles. The smallest absolute Gasteiger partial charge is 0.181 e. The fourth-order valence-electron chi connectivity index (χ4n) is 0.461. The lowest BCUT2D eigenvalue weighted by Crippen LogP contribution is -2.19. The number of aliphatic hydroxyl groups is 1. The summed E-state index contributed by atoms with van der Waals surface area (Å²) in [5.74, 6) is -0.102. The summed E-state index contributed by atoms with van der Waals surface area (Å²) in [7, 11) is 0. The molecule has 0 radical (unpaired) electrons. The summed E-state index contributed by atoms with van der Waals surface area (Å²) in [6.07, 6.45) is 1.74. The number of ether oxygens (including phenoxy) is 1. The van der Waals surface area contributed by atoms with Gasteiger partial charge in [-0.1, -0.05) is 0 Å². The zero-order chi connectivity index (χ0) is 5.98. The molecule has 3 heteroatoms. The van der Waals surface area contributed by atoms with Crippen molar-refractivity contribution >= 4 is 5.78 Å². The molecular formula is C5H6O3. The van der Waals surface area contributed by atoms with E-state index in [4.69, 9.17) is 5.11 Å². The fourth-order valence-corrected chi connectivity index (χ4v) is 0.461. The topological polar surface area (TPSA) is 46.5 Å². The summed E-state index contributed by atoms with van der Waals surface area (Å²) < 4.78 is 4.51. The van der Waals surface area contributed by atoms with Crippen molar-refractivity contribution < 1.29 is 14.6 Å². The van der Waals surface area contributed by atoms with Gasteiger partial charge in [0.15, 0.2) is 12.1 Å². The summed E-state index contributed by atoms with van der Waals surface area (Å²) in [5, 5.41) is 8.57. The molecule has 1 rings (SSSR count). The van der Waals surface area contributed by atoms with Crippen molar-refractivity contribution in [3.8, 4) is 0 Å². The predicted octanol–water partition coefficient (Wildman–Crippen LogP) is -0.540. The second-order valence-electron chi connectivity index (χ2n) is 1.53. The summed E-state index contributed by atoms with van der Waals surface area (Å²) in [5.41, 5.74) is 0. The van der Waals surface area contributed by atoms with Crippen molar-refractivity contribution in [2.75, 3.05) is 6.61 Å². The van der Waals surface area contributed by atoms with Gasteiger partial charge in [-0.2, -0.15) is 0 Å². The molecule has 1 N–H and O–H groups in total. The van der Waals surface area contributed by atoms with Gasteiger partial charge >= 0.3 is 0 Å². The van der Waals surface area contributed by atoms with E-state index in [-0.39, 0.29) is 12.4 Å². The van der Waals surface area contributed by atoms with E-state index in [0.29, 0.717) is 0 Å². The van der Waals surface area contributed by atoms with Crippen LogP contribution in [0.2, 0.25) is 0 Å². The number of aliphatic hydroxyl groups excluding tert-OH is 1. The van der Waals surface area contributed by atoms with E-state index in [0.717, 1.165) is 0 Å². The van der Waals surface area contributed by atoms with Crippen LogP contribution in [-0.2, 0) is 9.53 Å². The lowest BCUT2D eigenvalue weighted by Gasteiger charge is -2.08. The SMILES string of the molecule is O=C1C=C[C@@H](O)OC1. The van der Waals surface area contributed by atoms with Crippen LogP contribution >= 0.6 is 0 Å². The van der Waals surface area contributed by atoms with Gasteiger partial charge in [0.2, 0.25) is 0 Å². The van der Waals surface area contributed by atoms with E-state index < -0.39 is 6.29 Å². The molecule has 1 aliphatic heterocycles. The summed E-state index contributed by atoms with van der Waals surface area (Å²) in [6, 6.07) is 0. The van der Waals surface area contributed by atoms with E-state index in [9.17, 15) is 4.79 Å². The van der Waals surface area contributed by atoms with Crippen molar-refractivity contribution in [1.29, 1.82) is 0 Å². The van der Waals surface area contributed by atoms with Crippen LogP contribution in [0.5, 0.6) is 0 Å². The van der Waals surface area contributed by atoms with Gasteiger partial charge in [0.1, 0.15) is 6.61 Å². The maximum absolute atomic E-state index is 10.3. The first kappa shape index (κ1) is 5.47. The Labute approximate surface area is 46.6 Å². The van der Waals surface area contributed by atoms with Gasteiger partial charge in [0, 0.05) is 0 Å². The van der Waals surface area contributed by atoms with Crippen molar-refractivity contribution in [1.82, 2.24) is 0 Å². The van der Waals surface area contributed by atoms with Crippen LogP contribution in [-0.4, -0.2) is 23.8 Å². The largest absolute Gasteiger partial charge is 0.365 e. The van der Waals surface area contributed by atoms with Crippen LogP contribution in [0.15, 0.2) is 12.2 Å². The quantitative estimate of drug-likeness (QED) is 0.460. The maximum Gasteiger partial charge on any atom is 0.181 e. The predicted molar refractivity (Wildman–Crippen MR) is 26.1 cm³/mol. The van der Waals surface area contributed by atoms with Gasteiger partial charge in [-0.05, 0) is 12.2 Å². The molecule has 8 heavy (non-hydrogen) atoms. The van der Waals surface area contributed by atoms with Crippen LogP contribution < -0.4 is 0 Å². The minimum atomic E-state index is -0.882. The van der Waals surface area contributed by atoms with E-state index >= 15 is 0 Å². The molecule has 1 aliphatic rings. The Hall–Kier alpha value is -0.670. The van der Waals surface area contributed by atoms with Gasteiger partial charge in [-0.15, -0.1) is 0 Å². The molecule has 0 aromatic rings. The highest BCUT2D eigenvalue weighted by Gasteiger charge is 2.07. The van der Waals surface area contributed by atoms with Crippen molar-refractivity contribution in [3.63, 3.8) is 0 Å². The number of ketones is 1. The summed E-state index contributed by atoms with van der Waals surface area (Å²) in [6.45, 7) is -0.00231. The summed E-state index contributed by atoms with van der Waals surface area (Å²) >= 11 is 0. The Balaban J connectivity index is 2.55. The zero-order valence-corrected chi connectivity index (χ0v) is 4.20. The van der Waals surface area contributed by atoms with Gasteiger partial charge in [-0.3, -0.25) is 4.79 Å². The van der Waals surface area contributed by atoms with Crippen LogP contribution in [0.25, 0.3) is 0 Å². The first-order valence-electron chi connectivity index (χ1n) is 2.30. The Bertz CT molecular complexity index is 128. The average Bonchev–Trinajstić information content (AvgIpc) is 1.77. The molecule has 3 nitrogen and oxygen atoms in total. The van der Waals surface area contributed by atoms with Gasteiger partial charge in [-0.25, -0.2) is 0 Å². The van der Waals surface area contributed by atoms with Crippen LogP contribution in [0.1, 0.15) is 0 Å². The fraction of sp³-hybridized carbons (Fsp3) is 0.400. The molecule has 0 amide bonds. The molecule has 0 aromatic heterocycles. The summed E-state index contributed by atoms with van der Waals surface area (Å²) in [4.78, 5) is 10.3. The normalized spacial score (nSPS) is 28.6. The lowest BCUT2D eigenvalue weighted by molar-refractivity contribution is -0.131. The molecule has 44 valence electrons. The molecule has 1 atom stereocenters. The molecular weight excluding hydrogens is 108 g/mol. The standard InChI is InChI=1S/C5H6O3/c6-4-1-2-5(7)8-3-4/h1-2,5,7H,3H2/t5-/m0/s1. The zero-order valence-electron chi connectivity index (χ0n) is 4.20. The van der Waals surface area contributed by atoms with E-state index in [2.05, 4.69) is 4.74 Å². The monoisotopic (exact) mass is 114 g/mol. The van der Waals surface area contributed by atoms with Crippen molar-refractivity contribution in [2.45, 2.75) is 6.29 Å². The van der Waals surface area contributed by atoms with Crippen molar-refractivity contribution in [2.24, 2.45) is 0 Å². The third kappa shape index (κ3) is 1.15. The molecule has 0 bridgehead atoms. The Morgan fingerprint density at radius 3 is 3.00 bits per heavy atom. The first-order chi connectivity index (χ1) is 3.79.